The van der Waals surface area contributed by atoms with Gasteiger partial charge in [0.05, 0.1) is 6.61 Å². The molecule has 1 rings (SSSR count). The number of rotatable bonds is 7. The van der Waals surface area contributed by atoms with Gasteiger partial charge in [-0.2, -0.15) is 11.8 Å². The summed E-state index contributed by atoms with van der Waals surface area (Å²) >= 11 is 2.01. The van der Waals surface area contributed by atoms with Crippen LogP contribution in [0, 0.1) is 0 Å². The minimum absolute atomic E-state index is 0.130. The van der Waals surface area contributed by atoms with Gasteiger partial charge in [-0.3, -0.25) is 4.79 Å². The van der Waals surface area contributed by atoms with Crippen LogP contribution in [0.1, 0.15) is 46.0 Å². The molecule has 100 valence electrons. The molecule has 0 aromatic rings. The number of ether oxygens (including phenoxy) is 1. The van der Waals surface area contributed by atoms with Gasteiger partial charge in [-0.15, -0.1) is 0 Å². The Bertz CT molecular complexity index is 242. The molecule has 1 fully saturated rings. The third kappa shape index (κ3) is 4.51. The van der Waals surface area contributed by atoms with Gasteiger partial charge in [0.25, 0.3) is 0 Å². The third-order valence-electron chi connectivity index (χ3n) is 3.54. The van der Waals surface area contributed by atoms with Crippen LogP contribution < -0.4 is 5.32 Å². The van der Waals surface area contributed by atoms with E-state index in [-0.39, 0.29) is 5.97 Å². The summed E-state index contributed by atoms with van der Waals surface area (Å²) in [5, 5.41) is 3.92. The average Bonchev–Trinajstić information content (AvgIpc) is 2.82. The zero-order chi connectivity index (χ0) is 12.7. The first kappa shape index (κ1) is 14.8. The van der Waals surface area contributed by atoms with Crippen molar-refractivity contribution >= 4 is 17.7 Å². The molecule has 0 spiro atoms. The highest BCUT2D eigenvalue weighted by atomic mass is 32.2. The van der Waals surface area contributed by atoms with E-state index in [0.717, 1.165) is 17.4 Å². The second-order valence-electron chi connectivity index (χ2n) is 4.83. The maximum atomic E-state index is 11.8. The summed E-state index contributed by atoms with van der Waals surface area (Å²) in [6, 6.07) is 0. The zero-order valence-electron chi connectivity index (χ0n) is 11.3. The summed E-state index contributed by atoms with van der Waals surface area (Å²) < 4.78 is 5.11. The molecule has 1 unspecified atom stereocenters. The predicted molar refractivity (Wildman–Crippen MR) is 73.4 cm³/mol. The van der Waals surface area contributed by atoms with Gasteiger partial charge in [-0.1, -0.05) is 12.8 Å². The van der Waals surface area contributed by atoms with Crippen molar-refractivity contribution in [2.45, 2.75) is 56.7 Å². The van der Waals surface area contributed by atoms with Crippen molar-refractivity contribution in [3.8, 4) is 0 Å². The van der Waals surface area contributed by atoms with Crippen LogP contribution in [0.25, 0.3) is 0 Å². The van der Waals surface area contributed by atoms with E-state index < -0.39 is 5.54 Å². The van der Waals surface area contributed by atoms with E-state index in [1.807, 2.05) is 32.7 Å². The number of nitrogens with one attached hydrogen (secondary N) is 1. The van der Waals surface area contributed by atoms with Gasteiger partial charge >= 0.3 is 5.97 Å². The predicted octanol–water partition coefficient (Wildman–Crippen LogP) is 2.59. The van der Waals surface area contributed by atoms with Crippen LogP contribution in [0.15, 0.2) is 0 Å². The first-order valence-corrected chi connectivity index (χ1v) is 7.65. The summed E-state index contributed by atoms with van der Waals surface area (Å²) in [5.74, 6) is 0.899. The Hall–Kier alpha value is -0.220. The Kier molecular flexibility index (Phi) is 6.34. The molecule has 4 heteroatoms. The number of hydrogen-bond donors (Lipinski definition) is 1. The van der Waals surface area contributed by atoms with Gasteiger partial charge in [0, 0.05) is 5.25 Å². The molecule has 17 heavy (non-hydrogen) atoms. The zero-order valence-corrected chi connectivity index (χ0v) is 12.1. The van der Waals surface area contributed by atoms with Gasteiger partial charge < -0.3 is 10.1 Å². The molecule has 1 saturated carbocycles. The Morgan fingerprint density at radius 3 is 2.65 bits per heavy atom. The van der Waals surface area contributed by atoms with E-state index in [4.69, 9.17) is 4.74 Å². The molecule has 0 aromatic heterocycles. The number of carbonyl (C=O) groups is 1. The number of hydrogen-bond acceptors (Lipinski definition) is 4. The van der Waals surface area contributed by atoms with E-state index in [9.17, 15) is 4.79 Å². The van der Waals surface area contributed by atoms with Crippen molar-refractivity contribution in [2.75, 3.05) is 19.4 Å². The van der Waals surface area contributed by atoms with Crippen LogP contribution in [0.3, 0.4) is 0 Å². The molecule has 3 nitrogen and oxygen atoms in total. The molecule has 0 amide bonds. The largest absolute Gasteiger partial charge is 0.465 e. The quantitative estimate of drug-likeness (QED) is 0.713. The maximum Gasteiger partial charge on any atom is 0.326 e. The maximum absolute atomic E-state index is 11.8. The monoisotopic (exact) mass is 259 g/mol. The van der Waals surface area contributed by atoms with Gasteiger partial charge in [-0.25, -0.2) is 0 Å². The van der Waals surface area contributed by atoms with Crippen LogP contribution in [-0.2, 0) is 9.53 Å². The molecule has 0 saturated heterocycles. The molecular weight excluding hydrogens is 234 g/mol. The van der Waals surface area contributed by atoms with E-state index in [1.54, 1.807) is 0 Å². The van der Waals surface area contributed by atoms with Crippen molar-refractivity contribution < 1.29 is 9.53 Å². The summed E-state index contributed by atoms with van der Waals surface area (Å²) in [4.78, 5) is 11.8. The molecule has 1 N–H and O–H groups in total. The lowest BCUT2D eigenvalue weighted by Gasteiger charge is -2.27. The third-order valence-corrected chi connectivity index (χ3v) is 4.92. The Labute approximate surface area is 109 Å². The minimum atomic E-state index is -0.526. The smallest absolute Gasteiger partial charge is 0.326 e. The van der Waals surface area contributed by atoms with E-state index >= 15 is 0 Å². The van der Waals surface area contributed by atoms with Crippen LogP contribution in [-0.4, -0.2) is 36.2 Å². The molecule has 0 heterocycles. The minimum Gasteiger partial charge on any atom is -0.465 e. The highest BCUT2D eigenvalue weighted by molar-refractivity contribution is 7.99. The highest BCUT2D eigenvalue weighted by Crippen LogP contribution is 2.30. The lowest BCUT2D eigenvalue weighted by molar-refractivity contribution is -0.150. The summed E-state index contributed by atoms with van der Waals surface area (Å²) in [7, 11) is 1.83. The fourth-order valence-electron chi connectivity index (χ4n) is 2.10. The highest BCUT2D eigenvalue weighted by Gasteiger charge is 2.32. The lowest BCUT2D eigenvalue weighted by atomic mass is 10.00. The lowest BCUT2D eigenvalue weighted by Crippen LogP contribution is -2.49. The van der Waals surface area contributed by atoms with Crippen LogP contribution in [0.2, 0.25) is 0 Å². The van der Waals surface area contributed by atoms with Gasteiger partial charge in [0.15, 0.2) is 0 Å². The van der Waals surface area contributed by atoms with Gasteiger partial charge in [0.1, 0.15) is 5.54 Å². The SMILES string of the molecule is CCOC(=O)C(C)(CCSC1CCCC1)NC. The Morgan fingerprint density at radius 1 is 1.47 bits per heavy atom. The molecule has 1 atom stereocenters. The number of carbonyl (C=O) groups excluding carboxylic acids is 1. The topological polar surface area (TPSA) is 38.3 Å². The van der Waals surface area contributed by atoms with Crippen LogP contribution in [0.4, 0.5) is 0 Å². The standard InChI is InChI=1S/C13H25NO2S/c1-4-16-12(15)13(2,14-3)9-10-17-11-7-5-6-8-11/h11,14H,4-10H2,1-3H3. The van der Waals surface area contributed by atoms with Gasteiger partial charge in [-0.05, 0) is 45.9 Å². The van der Waals surface area contributed by atoms with Crippen LogP contribution in [0.5, 0.6) is 0 Å². The van der Waals surface area contributed by atoms with E-state index in [2.05, 4.69) is 5.32 Å². The number of esters is 1. The summed E-state index contributed by atoms with van der Waals surface area (Å²) in [6.45, 7) is 4.23. The van der Waals surface area contributed by atoms with Crippen molar-refractivity contribution in [1.82, 2.24) is 5.32 Å². The van der Waals surface area contributed by atoms with Crippen molar-refractivity contribution in [3.63, 3.8) is 0 Å². The van der Waals surface area contributed by atoms with Crippen molar-refractivity contribution in [3.05, 3.63) is 0 Å². The molecule has 1 aliphatic carbocycles. The first-order valence-electron chi connectivity index (χ1n) is 6.60. The van der Waals surface area contributed by atoms with E-state index in [0.29, 0.717) is 6.61 Å². The molecular formula is C13H25NO2S. The number of likely N-dealkylation sites (N-methyl/N-ethyl adjacent to an activating group) is 1. The molecule has 1 aliphatic rings. The van der Waals surface area contributed by atoms with Crippen molar-refractivity contribution in [1.29, 1.82) is 0 Å². The molecule has 0 bridgehead atoms. The normalized spacial score (nSPS) is 20.2. The summed E-state index contributed by atoms with van der Waals surface area (Å²) in [6.07, 6.45) is 6.28. The Morgan fingerprint density at radius 2 is 2.12 bits per heavy atom. The second kappa shape index (κ2) is 7.27. The fraction of sp³-hybridized carbons (Fsp3) is 0.923. The van der Waals surface area contributed by atoms with Crippen molar-refractivity contribution in [2.24, 2.45) is 0 Å². The van der Waals surface area contributed by atoms with E-state index in [1.165, 1.54) is 25.7 Å². The molecule has 0 radical (unpaired) electrons. The van der Waals surface area contributed by atoms with Gasteiger partial charge in [0.2, 0.25) is 0 Å². The average molecular weight is 259 g/mol. The van der Waals surface area contributed by atoms with Crippen LogP contribution >= 0.6 is 11.8 Å². The fourth-order valence-corrected chi connectivity index (χ4v) is 3.63. The Balaban J connectivity index is 2.31. The second-order valence-corrected chi connectivity index (χ2v) is 6.24. The number of thioether (sulfide) groups is 1. The molecule has 0 aromatic carbocycles. The first-order chi connectivity index (χ1) is 8.12. The summed E-state index contributed by atoms with van der Waals surface area (Å²) in [5.41, 5.74) is -0.526. The molecule has 0 aliphatic heterocycles.